The maximum Gasteiger partial charge on any atom is 0.0726 e. The fourth-order valence-corrected chi connectivity index (χ4v) is 14.1. The number of hydrogen-bond donors (Lipinski definition) is 0. The number of rotatable bonds is 5. The van der Waals surface area contributed by atoms with E-state index >= 15 is 0 Å². The van der Waals surface area contributed by atoms with Crippen molar-refractivity contribution >= 4 is 27.8 Å². The van der Waals surface area contributed by atoms with Crippen LogP contribution in [0.5, 0.6) is 0 Å². The molecule has 70 heavy (non-hydrogen) atoms. The fourth-order valence-electron chi connectivity index (χ4n) is 14.1. The topological polar surface area (TPSA) is 3.24 Å². The first-order valence-electron chi connectivity index (χ1n) is 24.8. The van der Waals surface area contributed by atoms with Gasteiger partial charge in [0.2, 0.25) is 0 Å². The molecule has 1 nitrogen and oxygen atoms in total. The van der Waals surface area contributed by atoms with Gasteiger partial charge in [0.1, 0.15) is 0 Å². The number of benzene rings is 11. The second-order valence-electron chi connectivity index (χ2n) is 20.2. The van der Waals surface area contributed by atoms with Crippen LogP contribution in [-0.2, 0) is 16.2 Å². The normalized spacial score (nSPS) is 15.1. The Kier molecular flexibility index (Phi) is 8.04. The van der Waals surface area contributed by atoms with Gasteiger partial charge in [0.15, 0.2) is 0 Å². The standard InChI is InChI=1S/C69H47N/c1-67(2)55-33-16-14-31-53(55)65-63(42-44-22-9-10-27-48(44)66(65)67)70(47-40-41-52-51-30-11-17-34-56(51)68(61(52)43-47,45-23-5-3-6-24-45)46-25-7-4-8-26-46)62-39-21-38-60-64(62)54-32-15-20-37-59(54)69(60)57-35-18-12-28-49(57)50-29-13-19-36-58(50)69/h3-43H,1-2H3. The lowest BCUT2D eigenvalue weighted by molar-refractivity contribution is 0.666. The van der Waals surface area contributed by atoms with Crippen LogP contribution in [0.3, 0.4) is 0 Å². The van der Waals surface area contributed by atoms with Crippen molar-refractivity contribution in [1.82, 2.24) is 0 Å². The van der Waals surface area contributed by atoms with E-state index in [4.69, 9.17) is 0 Å². The van der Waals surface area contributed by atoms with Crippen molar-refractivity contribution in [2.24, 2.45) is 0 Å². The fraction of sp³-hybridized carbons (Fsp3) is 0.0725. The van der Waals surface area contributed by atoms with Crippen LogP contribution in [0.25, 0.3) is 55.3 Å². The van der Waals surface area contributed by atoms with E-state index in [0.29, 0.717) is 0 Å². The van der Waals surface area contributed by atoms with E-state index in [1.807, 2.05) is 0 Å². The van der Waals surface area contributed by atoms with Crippen molar-refractivity contribution in [3.8, 4) is 44.5 Å². The van der Waals surface area contributed by atoms with Crippen LogP contribution in [0, 0.1) is 0 Å². The Morgan fingerprint density at radius 2 is 0.757 bits per heavy atom. The van der Waals surface area contributed by atoms with E-state index in [1.54, 1.807) is 0 Å². The highest BCUT2D eigenvalue weighted by molar-refractivity contribution is 6.09. The molecule has 0 fully saturated rings. The Labute approximate surface area is 409 Å². The summed E-state index contributed by atoms with van der Waals surface area (Å²) in [4.78, 5) is 2.66. The van der Waals surface area contributed by atoms with Gasteiger partial charge in [-0.15, -0.1) is 0 Å². The van der Waals surface area contributed by atoms with Gasteiger partial charge in [0.05, 0.1) is 22.2 Å². The molecule has 0 unspecified atom stereocenters. The molecular weight excluding hydrogens is 843 g/mol. The smallest absolute Gasteiger partial charge is 0.0726 e. The van der Waals surface area contributed by atoms with Crippen molar-refractivity contribution in [2.45, 2.75) is 30.1 Å². The van der Waals surface area contributed by atoms with Gasteiger partial charge in [-0.2, -0.15) is 0 Å². The molecule has 4 aliphatic carbocycles. The van der Waals surface area contributed by atoms with E-state index in [1.165, 1.54) is 122 Å². The molecule has 11 aromatic rings. The molecule has 0 heterocycles. The lowest BCUT2D eigenvalue weighted by Crippen LogP contribution is -2.28. The summed E-state index contributed by atoms with van der Waals surface area (Å²) >= 11 is 0. The summed E-state index contributed by atoms with van der Waals surface area (Å²) in [7, 11) is 0. The first-order valence-corrected chi connectivity index (χ1v) is 24.8. The van der Waals surface area contributed by atoms with Crippen LogP contribution >= 0.6 is 0 Å². The van der Waals surface area contributed by atoms with Crippen molar-refractivity contribution in [3.63, 3.8) is 0 Å². The van der Waals surface area contributed by atoms with Crippen LogP contribution in [0.15, 0.2) is 249 Å². The van der Waals surface area contributed by atoms with E-state index in [2.05, 4.69) is 267 Å². The lowest BCUT2D eigenvalue weighted by Gasteiger charge is -2.36. The highest BCUT2D eigenvalue weighted by Gasteiger charge is 2.53. The second-order valence-corrected chi connectivity index (χ2v) is 20.2. The summed E-state index contributed by atoms with van der Waals surface area (Å²) < 4.78 is 0. The summed E-state index contributed by atoms with van der Waals surface area (Å²) in [6.07, 6.45) is 0. The Bertz CT molecular complexity index is 3900. The molecule has 0 N–H and O–H groups in total. The van der Waals surface area contributed by atoms with E-state index in [0.717, 1.165) is 5.69 Å². The number of hydrogen-bond acceptors (Lipinski definition) is 1. The van der Waals surface area contributed by atoms with Gasteiger partial charge in [0, 0.05) is 22.2 Å². The average molecular weight is 890 g/mol. The molecule has 0 amide bonds. The molecule has 328 valence electrons. The Hall–Kier alpha value is -8.52. The van der Waals surface area contributed by atoms with Gasteiger partial charge in [-0.3, -0.25) is 0 Å². The molecule has 11 aromatic carbocycles. The maximum atomic E-state index is 2.66. The SMILES string of the molecule is CC1(C)c2ccccc2-c2c(N(c3ccc4c(c3)C(c3ccccc3)(c3ccccc3)c3ccccc3-4)c3cccc4c3-c3ccccc3C43c4ccccc4-c4ccccc43)cc3ccccc3c21. The van der Waals surface area contributed by atoms with E-state index < -0.39 is 10.8 Å². The number of nitrogens with zero attached hydrogens (tertiary/aromatic N) is 1. The molecule has 1 heteroatoms. The van der Waals surface area contributed by atoms with Crippen molar-refractivity contribution < 1.29 is 0 Å². The third-order valence-corrected chi connectivity index (χ3v) is 16.7. The van der Waals surface area contributed by atoms with Gasteiger partial charge in [-0.1, -0.05) is 238 Å². The molecule has 0 radical (unpaired) electrons. The number of anilines is 3. The summed E-state index contributed by atoms with van der Waals surface area (Å²) in [5, 5.41) is 2.54. The molecule has 0 bridgehead atoms. The zero-order chi connectivity index (χ0) is 46.3. The van der Waals surface area contributed by atoms with Crippen molar-refractivity contribution in [3.05, 3.63) is 304 Å². The van der Waals surface area contributed by atoms with Crippen LogP contribution in [0.1, 0.15) is 69.5 Å². The molecule has 1 spiro atoms. The van der Waals surface area contributed by atoms with Crippen LogP contribution in [0.4, 0.5) is 17.1 Å². The quantitative estimate of drug-likeness (QED) is 0.166. The Balaban J connectivity index is 1.10. The largest absolute Gasteiger partial charge is 0.309 e. The van der Waals surface area contributed by atoms with Crippen LogP contribution in [-0.4, -0.2) is 0 Å². The maximum absolute atomic E-state index is 2.66. The van der Waals surface area contributed by atoms with Gasteiger partial charge in [0.25, 0.3) is 0 Å². The minimum Gasteiger partial charge on any atom is -0.309 e. The third-order valence-electron chi connectivity index (χ3n) is 16.7. The van der Waals surface area contributed by atoms with Crippen LogP contribution in [0.2, 0.25) is 0 Å². The predicted octanol–water partition coefficient (Wildman–Crippen LogP) is 17.3. The molecule has 15 rings (SSSR count). The minimum atomic E-state index is -0.567. The van der Waals surface area contributed by atoms with Gasteiger partial charge >= 0.3 is 0 Å². The molecule has 0 atom stereocenters. The summed E-state index contributed by atoms with van der Waals surface area (Å²) in [6.45, 7) is 4.85. The van der Waals surface area contributed by atoms with Crippen LogP contribution < -0.4 is 4.90 Å². The van der Waals surface area contributed by atoms with Crippen molar-refractivity contribution in [1.29, 1.82) is 0 Å². The van der Waals surface area contributed by atoms with Gasteiger partial charge in [-0.25, -0.2) is 0 Å². The Morgan fingerprint density at radius 1 is 0.300 bits per heavy atom. The summed E-state index contributed by atoms with van der Waals surface area (Å²) in [5.41, 5.74) is 25.7. The molecule has 0 saturated carbocycles. The summed E-state index contributed by atoms with van der Waals surface area (Å²) in [6, 6.07) is 94.3. The monoisotopic (exact) mass is 889 g/mol. The van der Waals surface area contributed by atoms with E-state index in [9.17, 15) is 0 Å². The lowest BCUT2D eigenvalue weighted by atomic mass is 9.67. The Morgan fingerprint density at radius 3 is 1.37 bits per heavy atom. The zero-order valence-corrected chi connectivity index (χ0v) is 39.1. The average Bonchev–Trinajstić information content (AvgIpc) is 4.08. The van der Waals surface area contributed by atoms with Gasteiger partial charge in [-0.05, 0) is 124 Å². The predicted molar refractivity (Wildman–Crippen MR) is 290 cm³/mol. The molecule has 0 saturated heterocycles. The highest BCUT2D eigenvalue weighted by atomic mass is 15.2. The van der Waals surface area contributed by atoms with E-state index in [-0.39, 0.29) is 5.41 Å². The molecule has 4 aliphatic rings. The number of fused-ring (bicyclic) bond motifs is 18. The molecule has 0 aromatic heterocycles. The second kappa shape index (κ2) is 14.3. The molecule has 0 aliphatic heterocycles. The first-order chi connectivity index (χ1) is 34.5. The molecular formula is C69H47N. The highest BCUT2D eigenvalue weighted by Crippen LogP contribution is 2.66. The third kappa shape index (κ3) is 4.87. The minimum absolute atomic E-state index is 0.241. The van der Waals surface area contributed by atoms with Crippen molar-refractivity contribution in [2.75, 3.05) is 4.90 Å². The zero-order valence-electron chi connectivity index (χ0n) is 39.1. The summed E-state index contributed by atoms with van der Waals surface area (Å²) in [5.74, 6) is 0. The van der Waals surface area contributed by atoms with Gasteiger partial charge < -0.3 is 4.90 Å². The first kappa shape index (κ1) is 39.5.